The molecule has 1 fully saturated rings. The van der Waals surface area contributed by atoms with E-state index in [9.17, 15) is 4.79 Å². The van der Waals surface area contributed by atoms with Crippen molar-refractivity contribution in [2.45, 2.75) is 57.6 Å². The van der Waals surface area contributed by atoms with Crippen LogP contribution in [0.25, 0.3) is 0 Å². The summed E-state index contributed by atoms with van der Waals surface area (Å²) in [6, 6.07) is 21.3. The molecular weight excluding hydrogens is 495 g/mol. The van der Waals surface area contributed by atoms with E-state index >= 15 is 0 Å². The molecule has 0 aromatic heterocycles. The van der Waals surface area contributed by atoms with Crippen LogP contribution >= 0.6 is 0 Å². The Morgan fingerprint density at radius 2 is 1.47 bits per heavy atom. The minimum atomic E-state index is -2.59. The summed E-state index contributed by atoms with van der Waals surface area (Å²) in [6.07, 6.45) is 0.656. The zero-order valence-electron chi connectivity index (χ0n) is 19.3. The van der Waals surface area contributed by atoms with E-state index in [1.54, 1.807) is 0 Å². The molecule has 0 aliphatic carbocycles. The number of carbonyl (C=O) groups excluding carboxylic acids is 1. The van der Waals surface area contributed by atoms with E-state index in [0.29, 0.717) is 6.61 Å². The summed E-state index contributed by atoms with van der Waals surface area (Å²) in [7, 11) is -2.59. The third kappa shape index (κ3) is 5.20. The summed E-state index contributed by atoms with van der Waals surface area (Å²) in [5.41, 5.74) is 0. The van der Waals surface area contributed by atoms with Gasteiger partial charge in [-0.15, -0.1) is 0 Å². The Morgan fingerprint density at radius 3 is 1.90 bits per heavy atom. The Balaban J connectivity index is 1.90. The number of cyclic esters (lactones) is 1. The monoisotopic (exact) mass is 532 g/mol. The SMILES string of the molecule is CC(C)(C)[Si](OC[C@@H]1C[C@@H]([CH2][Sn]([CH3])([CH3])[CH3])C(=O)O1)(c1ccccc1)c1ccccc1. The van der Waals surface area contributed by atoms with E-state index in [4.69, 9.17) is 9.16 Å². The molecule has 3 rings (SSSR count). The van der Waals surface area contributed by atoms with Crippen molar-refractivity contribution >= 4 is 43.0 Å². The molecule has 0 saturated carbocycles. The summed E-state index contributed by atoms with van der Waals surface area (Å²) in [6.45, 7) is 7.29. The molecule has 3 nitrogen and oxygen atoms in total. The molecule has 2 aromatic carbocycles. The van der Waals surface area contributed by atoms with Crippen molar-refractivity contribution in [3.8, 4) is 0 Å². The van der Waals surface area contributed by atoms with Crippen LogP contribution < -0.4 is 10.4 Å². The van der Waals surface area contributed by atoms with Crippen LogP contribution in [-0.2, 0) is 14.0 Å². The summed E-state index contributed by atoms with van der Waals surface area (Å²) in [5.74, 6) is 0.0474. The first-order valence-corrected chi connectivity index (χ1v) is 23.5. The van der Waals surface area contributed by atoms with Crippen LogP contribution in [0, 0.1) is 5.92 Å². The number of hydrogen-bond acceptors (Lipinski definition) is 3. The van der Waals surface area contributed by atoms with Crippen molar-refractivity contribution in [2.24, 2.45) is 5.92 Å². The Morgan fingerprint density at radius 1 is 0.967 bits per heavy atom. The van der Waals surface area contributed by atoms with E-state index in [1.165, 1.54) is 10.4 Å². The molecule has 0 bridgehead atoms. The molecule has 162 valence electrons. The van der Waals surface area contributed by atoms with Gasteiger partial charge in [0.2, 0.25) is 0 Å². The van der Waals surface area contributed by atoms with E-state index in [1.807, 2.05) is 0 Å². The van der Waals surface area contributed by atoms with Crippen molar-refractivity contribution in [1.82, 2.24) is 0 Å². The maximum atomic E-state index is 12.5. The van der Waals surface area contributed by atoms with Gasteiger partial charge in [0.15, 0.2) is 0 Å². The van der Waals surface area contributed by atoms with Crippen molar-refractivity contribution in [3.05, 3.63) is 60.7 Å². The fraction of sp³-hybridized carbons (Fsp3) is 0.480. The Bertz CT molecular complexity index is 801. The predicted molar refractivity (Wildman–Crippen MR) is 130 cm³/mol. The van der Waals surface area contributed by atoms with Gasteiger partial charge < -0.3 is 0 Å². The van der Waals surface area contributed by atoms with Crippen LogP contribution in [0.15, 0.2) is 60.7 Å². The number of carbonyl (C=O) groups is 1. The van der Waals surface area contributed by atoms with Gasteiger partial charge in [-0.1, -0.05) is 0 Å². The quantitative estimate of drug-likeness (QED) is 0.380. The number of hydrogen-bond donors (Lipinski definition) is 0. The molecule has 0 N–H and O–H groups in total. The van der Waals surface area contributed by atoms with Crippen LogP contribution in [0.2, 0.25) is 24.3 Å². The zero-order chi connectivity index (χ0) is 22.0. The van der Waals surface area contributed by atoms with Gasteiger partial charge in [-0.25, -0.2) is 0 Å². The molecule has 2 aromatic rings. The molecule has 30 heavy (non-hydrogen) atoms. The third-order valence-electron chi connectivity index (χ3n) is 5.92. The normalized spacial score (nSPS) is 20.3. The Labute approximate surface area is 187 Å². The molecule has 1 aliphatic heterocycles. The zero-order valence-corrected chi connectivity index (χ0v) is 23.1. The number of ether oxygens (including phenoxy) is 1. The first-order chi connectivity index (χ1) is 14.0. The molecule has 5 heteroatoms. The first-order valence-electron chi connectivity index (χ1n) is 11.0. The van der Waals surface area contributed by atoms with Crippen molar-refractivity contribution in [2.75, 3.05) is 6.61 Å². The van der Waals surface area contributed by atoms with Gasteiger partial charge >= 0.3 is 188 Å². The minimum absolute atomic E-state index is 0.0160. The maximum absolute atomic E-state index is 12.5. The Kier molecular flexibility index (Phi) is 7.20. The van der Waals surface area contributed by atoms with Gasteiger partial charge in [0.05, 0.1) is 0 Å². The number of benzene rings is 2. The van der Waals surface area contributed by atoms with Crippen molar-refractivity contribution in [3.63, 3.8) is 0 Å². The van der Waals surface area contributed by atoms with Crippen LogP contribution in [-0.4, -0.2) is 45.4 Å². The summed E-state index contributed by atoms with van der Waals surface area (Å²) >= 11 is -2.05. The standard InChI is InChI=1S/C22H27O3Si.3CH3.Sn/c1-17-15-18(25-21(17)23)16-24-26(22(2,3)4,19-11-7-5-8-12-19)20-13-9-6-10-14-20;;;;/h5-14,17-18H,1,15-16H2,2-4H3;3*1H3;/t17-,18+;;;;/m1..../s1. The number of esters is 1. The molecule has 1 heterocycles. The van der Waals surface area contributed by atoms with Crippen molar-refractivity contribution < 1.29 is 14.0 Å². The van der Waals surface area contributed by atoms with E-state index < -0.39 is 26.7 Å². The second-order valence-electron chi connectivity index (χ2n) is 10.7. The van der Waals surface area contributed by atoms with Gasteiger partial charge in [0, 0.05) is 0 Å². The van der Waals surface area contributed by atoms with Gasteiger partial charge in [-0.2, -0.15) is 0 Å². The predicted octanol–water partition coefficient (Wildman–Crippen LogP) is 4.83. The van der Waals surface area contributed by atoms with Crippen LogP contribution in [0.1, 0.15) is 27.2 Å². The topological polar surface area (TPSA) is 35.5 Å². The fourth-order valence-corrected chi connectivity index (χ4v) is 14.5. The summed E-state index contributed by atoms with van der Waals surface area (Å²) in [5, 5.41) is 2.45. The number of rotatable bonds is 7. The molecule has 0 amide bonds. The van der Waals surface area contributed by atoms with E-state index in [0.717, 1.165) is 10.9 Å². The average molecular weight is 531 g/mol. The van der Waals surface area contributed by atoms with Crippen LogP contribution in [0.5, 0.6) is 0 Å². The van der Waals surface area contributed by atoms with Gasteiger partial charge in [-0.3, -0.25) is 0 Å². The molecule has 1 saturated heterocycles. The van der Waals surface area contributed by atoms with Gasteiger partial charge in [0.1, 0.15) is 0 Å². The van der Waals surface area contributed by atoms with Crippen LogP contribution in [0.3, 0.4) is 0 Å². The van der Waals surface area contributed by atoms with Crippen LogP contribution in [0.4, 0.5) is 0 Å². The summed E-state index contributed by atoms with van der Waals surface area (Å²) in [4.78, 5) is 19.6. The summed E-state index contributed by atoms with van der Waals surface area (Å²) < 4.78 is 13.8. The third-order valence-corrected chi connectivity index (χ3v) is 15.8. The van der Waals surface area contributed by atoms with E-state index in [-0.39, 0.29) is 23.0 Å². The first kappa shape index (κ1) is 23.5. The fourth-order valence-electron chi connectivity index (χ4n) is 4.71. The molecule has 0 unspecified atom stereocenters. The molecule has 0 spiro atoms. The molecule has 1 aliphatic rings. The second kappa shape index (κ2) is 9.17. The molecule has 2 atom stereocenters. The van der Waals surface area contributed by atoms with E-state index in [2.05, 4.69) is 96.3 Å². The molecular formula is C25H36O3SiSn. The van der Waals surface area contributed by atoms with Gasteiger partial charge in [0.25, 0.3) is 0 Å². The van der Waals surface area contributed by atoms with Crippen molar-refractivity contribution in [1.29, 1.82) is 0 Å². The average Bonchev–Trinajstić information content (AvgIpc) is 3.00. The second-order valence-corrected chi connectivity index (χ2v) is 30.8. The van der Waals surface area contributed by atoms with Gasteiger partial charge in [-0.05, 0) is 0 Å². The molecule has 0 radical (unpaired) electrons. The Hall–Kier alpha value is -1.11.